The lowest BCUT2D eigenvalue weighted by Gasteiger charge is -2.09. The number of hydrogen-bond acceptors (Lipinski definition) is 4. The Hall–Kier alpha value is -2.47. The molecule has 2 aromatic carbocycles. The van der Waals surface area contributed by atoms with Crippen molar-refractivity contribution in [1.82, 2.24) is 5.32 Å². The van der Waals surface area contributed by atoms with Crippen LogP contribution in [0.1, 0.15) is 15.9 Å². The van der Waals surface area contributed by atoms with Crippen molar-refractivity contribution in [1.29, 1.82) is 0 Å². The number of amides is 1. The van der Waals surface area contributed by atoms with Gasteiger partial charge in [-0.05, 0) is 30.2 Å². The minimum atomic E-state index is -0.991. The number of carbonyl (C=O) groups is 2. The molecule has 5 nitrogen and oxygen atoms in total. The molecule has 2 aromatic rings. The van der Waals surface area contributed by atoms with E-state index in [-0.39, 0.29) is 17.2 Å². The quantitative estimate of drug-likeness (QED) is 0.720. The molecule has 0 unspecified atom stereocenters. The number of para-hydroxylation sites is 1. The highest BCUT2D eigenvalue weighted by molar-refractivity contribution is 8.00. The average Bonchev–Trinajstić information content (AvgIpc) is 2.60. The van der Waals surface area contributed by atoms with E-state index in [0.29, 0.717) is 17.9 Å². The smallest absolute Gasteiger partial charge is 0.336 e. The van der Waals surface area contributed by atoms with E-state index in [1.807, 2.05) is 24.3 Å². The number of nitrogens with one attached hydrogen (secondary N) is 1. The van der Waals surface area contributed by atoms with Gasteiger partial charge in [-0.3, -0.25) is 4.79 Å². The second kappa shape index (κ2) is 8.98. The van der Waals surface area contributed by atoms with Crippen molar-refractivity contribution in [3.8, 4) is 5.75 Å². The molecular formula is C18H19NO4S. The van der Waals surface area contributed by atoms with E-state index in [1.165, 1.54) is 17.8 Å². The summed E-state index contributed by atoms with van der Waals surface area (Å²) in [6, 6.07) is 14.3. The first-order chi connectivity index (χ1) is 11.6. The average molecular weight is 345 g/mol. The molecule has 6 heteroatoms. The first-order valence-corrected chi connectivity index (χ1v) is 8.44. The fourth-order valence-corrected chi connectivity index (χ4v) is 3.08. The van der Waals surface area contributed by atoms with Crippen molar-refractivity contribution >= 4 is 23.6 Å². The highest BCUT2D eigenvalue weighted by Gasteiger charge is 2.11. The van der Waals surface area contributed by atoms with E-state index in [2.05, 4.69) is 5.32 Å². The second-order valence-corrected chi connectivity index (χ2v) is 6.02. The molecule has 0 aromatic heterocycles. The Balaban J connectivity index is 1.81. The summed E-state index contributed by atoms with van der Waals surface area (Å²) < 4.78 is 5.27. The SMILES string of the molecule is COc1ccccc1CCNC(=O)CSc1ccccc1C(=O)O. The zero-order valence-electron chi connectivity index (χ0n) is 13.3. The van der Waals surface area contributed by atoms with Crippen LogP contribution in [-0.4, -0.2) is 36.4 Å². The molecule has 0 aliphatic heterocycles. The maximum absolute atomic E-state index is 11.9. The molecule has 2 N–H and O–H groups in total. The van der Waals surface area contributed by atoms with Gasteiger partial charge in [0.05, 0.1) is 18.4 Å². The maximum Gasteiger partial charge on any atom is 0.336 e. The molecular weight excluding hydrogens is 326 g/mol. The standard InChI is InChI=1S/C18H19NO4S/c1-23-15-8-4-2-6-13(15)10-11-19-17(20)12-24-16-9-5-3-7-14(16)18(21)22/h2-9H,10-12H2,1H3,(H,19,20)(H,21,22). The highest BCUT2D eigenvalue weighted by atomic mass is 32.2. The van der Waals surface area contributed by atoms with Gasteiger partial charge >= 0.3 is 5.97 Å². The van der Waals surface area contributed by atoms with Crippen LogP contribution in [0.15, 0.2) is 53.4 Å². The van der Waals surface area contributed by atoms with Crippen molar-refractivity contribution in [2.24, 2.45) is 0 Å². The van der Waals surface area contributed by atoms with Crippen LogP contribution in [0, 0.1) is 0 Å². The largest absolute Gasteiger partial charge is 0.496 e. The van der Waals surface area contributed by atoms with Crippen LogP contribution in [0.3, 0.4) is 0 Å². The van der Waals surface area contributed by atoms with Gasteiger partial charge in [0.15, 0.2) is 0 Å². The molecule has 24 heavy (non-hydrogen) atoms. The Morgan fingerprint density at radius 3 is 2.58 bits per heavy atom. The number of thioether (sulfide) groups is 1. The molecule has 0 bridgehead atoms. The molecule has 0 saturated heterocycles. The van der Waals surface area contributed by atoms with E-state index in [9.17, 15) is 9.59 Å². The first-order valence-electron chi connectivity index (χ1n) is 7.45. The van der Waals surface area contributed by atoms with Gasteiger partial charge in [-0.25, -0.2) is 4.79 Å². The fourth-order valence-electron chi connectivity index (χ4n) is 2.21. The zero-order valence-corrected chi connectivity index (χ0v) is 14.1. The van der Waals surface area contributed by atoms with E-state index in [0.717, 1.165) is 11.3 Å². The van der Waals surface area contributed by atoms with Crippen LogP contribution in [0.5, 0.6) is 5.75 Å². The van der Waals surface area contributed by atoms with Crippen LogP contribution < -0.4 is 10.1 Å². The van der Waals surface area contributed by atoms with Gasteiger partial charge in [0.1, 0.15) is 5.75 Å². The van der Waals surface area contributed by atoms with Crippen molar-refractivity contribution in [2.75, 3.05) is 19.4 Å². The number of benzene rings is 2. The molecule has 0 fully saturated rings. The van der Waals surface area contributed by atoms with E-state index in [1.54, 1.807) is 25.3 Å². The molecule has 0 aliphatic carbocycles. The molecule has 0 heterocycles. The van der Waals surface area contributed by atoms with Crippen molar-refractivity contribution in [3.05, 3.63) is 59.7 Å². The molecule has 0 atom stereocenters. The third-order valence-corrected chi connectivity index (χ3v) is 4.46. The fraction of sp³-hybridized carbons (Fsp3) is 0.222. The molecule has 0 aliphatic rings. The van der Waals surface area contributed by atoms with Crippen molar-refractivity contribution in [2.45, 2.75) is 11.3 Å². The van der Waals surface area contributed by atoms with Gasteiger partial charge in [-0.2, -0.15) is 0 Å². The topological polar surface area (TPSA) is 75.6 Å². The number of hydrogen-bond donors (Lipinski definition) is 2. The number of aromatic carboxylic acids is 1. The first kappa shape index (κ1) is 17.9. The number of carbonyl (C=O) groups excluding carboxylic acids is 1. The van der Waals surface area contributed by atoms with Crippen LogP contribution in [0.4, 0.5) is 0 Å². The Kier molecular flexibility index (Phi) is 6.69. The molecule has 0 radical (unpaired) electrons. The minimum Gasteiger partial charge on any atom is -0.496 e. The molecule has 1 amide bonds. The number of carboxylic acids is 1. The molecule has 126 valence electrons. The number of methoxy groups -OCH3 is 1. The Bertz CT molecular complexity index is 718. The Labute approximate surface area is 145 Å². The Morgan fingerprint density at radius 1 is 1.12 bits per heavy atom. The summed E-state index contributed by atoms with van der Waals surface area (Å²) in [4.78, 5) is 23.6. The monoisotopic (exact) mass is 345 g/mol. The summed E-state index contributed by atoms with van der Waals surface area (Å²) in [6.45, 7) is 0.500. The van der Waals surface area contributed by atoms with Crippen LogP contribution >= 0.6 is 11.8 Å². The predicted octanol–water partition coefficient (Wildman–Crippen LogP) is 2.84. The third kappa shape index (κ3) is 5.03. The second-order valence-electron chi connectivity index (χ2n) is 5.00. The van der Waals surface area contributed by atoms with E-state index < -0.39 is 5.97 Å². The number of ether oxygens (including phenoxy) is 1. The summed E-state index contributed by atoms with van der Waals surface area (Å²) in [5.41, 5.74) is 1.24. The summed E-state index contributed by atoms with van der Waals surface area (Å²) in [5, 5.41) is 12.0. The number of carboxylic acid groups (broad SMARTS) is 1. The van der Waals surface area contributed by atoms with Gasteiger partial charge < -0.3 is 15.2 Å². The maximum atomic E-state index is 11.9. The molecule has 0 saturated carbocycles. The summed E-state index contributed by atoms with van der Waals surface area (Å²) in [6.07, 6.45) is 0.673. The Morgan fingerprint density at radius 2 is 1.83 bits per heavy atom. The normalized spacial score (nSPS) is 10.2. The highest BCUT2D eigenvalue weighted by Crippen LogP contribution is 2.22. The lowest BCUT2D eigenvalue weighted by Crippen LogP contribution is -2.27. The lowest BCUT2D eigenvalue weighted by atomic mass is 10.1. The minimum absolute atomic E-state index is 0.130. The number of rotatable bonds is 8. The van der Waals surface area contributed by atoms with Crippen LogP contribution in [-0.2, 0) is 11.2 Å². The summed E-state index contributed by atoms with van der Waals surface area (Å²) in [7, 11) is 1.62. The van der Waals surface area contributed by atoms with Gasteiger partial charge in [0.2, 0.25) is 5.91 Å². The van der Waals surface area contributed by atoms with Crippen molar-refractivity contribution in [3.63, 3.8) is 0 Å². The summed E-state index contributed by atoms with van der Waals surface area (Å²) >= 11 is 1.22. The van der Waals surface area contributed by atoms with Gasteiger partial charge in [-0.1, -0.05) is 30.3 Å². The van der Waals surface area contributed by atoms with Gasteiger partial charge in [0.25, 0.3) is 0 Å². The van der Waals surface area contributed by atoms with Gasteiger partial charge in [0, 0.05) is 11.4 Å². The van der Waals surface area contributed by atoms with Crippen LogP contribution in [0.2, 0.25) is 0 Å². The van der Waals surface area contributed by atoms with Gasteiger partial charge in [-0.15, -0.1) is 11.8 Å². The predicted molar refractivity (Wildman–Crippen MR) is 93.8 cm³/mol. The summed E-state index contributed by atoms with van der Waals surface area (Å²) in [5.74, 6) is -0.141. The van der Waals surface area contributed by atoms with Crippen LogP contribution in [0.25, 0.3) is 0 Å². The lowest BCUT2D eigenvalue weighted by molar-refractivity contribution is -0.118. The third-order valence-electron chi connectivity index (χ3n) is 3.39. The van der Waals surface area contributed by atoms with Crippen molar-refractivity contribution < 1.29 is 19.4 Å². The van der Waals surface area contributed by atoms with E-state index in [4.69, 9.17) is 9.84 Å². The zero-order chi connectivity index (χ0) is 17.4. The molecule has 2 rings (SSSR count). The van der Waals surface area contributed by atoms with E-state index >= 15 is 0 Å². The molecule has 0 spiro atoms.